The topological polar surface area (TPSA) is 42.0 Å². The van der Waals surface area contributed by atoms with Gasteiger partial charge >= 0.3 is 0 Å². The molecular formula is C25H30N2O3. The number of carbonyl (C=O) groups is 1. The predicted octanol–water partition coefficient (Wildman–Crippen LogP) is 4.16. The fraction of sp³-hybridized carbons (Fsp3) is 0.400. The minimum Gasteiger partial charge on any atom is -0.497 e. The summed E-state index contributed by atoms with van der Waals surface area (Å²) in [6.07, 6.45) is 5.21. The largest absolute Gasteiger partial charge is 0.497 e. The van der Waals surface area contributed by atoms with E-state index in [1.165, 1.54) is 11.1 Å². The highest BCUT2D eigenvalue weighted by Crippen LogP contribution is 2.38. The Hall–Kier alpha value is -2.79. The molecule has 0 bridgehead atoms. The average molecular weight is 407 g/mol. The zero-order valence-electron chi connectivity index (χ0n) is 17.8. The highest BCUT2D eigenvalue weighted by atomic mass is 16.5. The molecule has 2 heterocycles. The van der Waals surface area contributed by atoms with Crippen LogP contribution < -0.4 is 9.47 Å². The molecule has 5 heteroatoms. The van der Waals surface area contributed by atoms with E-state index in [0.29, 0.717) is 13.1 Å². The fourth-order valence-corrected chi connectivity index (χ4v) is 4.55. The first-order valence-electron chi connectivity index (χ1n) is 10.7. The summed E-state index contributed by atoms with van der Waals surface area (Å²) in [6, 6.07) is 16.5. The summed E-state index contributed by atoms with van der Waals surface area (Å²) in [4.78, 5) is 17.3. The minimum atomic E-state index is 0.180. The van der Waals surface area contributed by atoms with Crippen molar-refractivity contribution >= 4 is 11.5 Å². The van der Waals surface area contributed by atoms with Gasteiger partial charge in [0.15, 0.2) is 0 Å². The van der Waals surface area contributed by atoms with Crippen molar-refractivity contribution in [2.75, 3.05) is 40.4 Å². The summed E-state index contributed by atoms with van der Waals surface area (Å²) in [5, 5.41) is 0. The number of amides is 1. The van der Waals surface area contributed by atoms with Crippen LogP contribution in [-0.4, -0.2) is 56.1 Å². The van der Waals surface area contributed by atoms with Crippen molar-refractivity contribution in [3.05, 3.63) is 65.7 Å². The monoisotopic (exact) mass is 406 g/mol. The number of nitrogens with zero attached hydrogens (tertiary/aromatic N) is 2. The molecule has 1 atom stereocenters. The first-order valence-corrected chi connectivity index (χ1v) is 10.7. The van der Waals surface area contributed by atoms with Crippen LogP contribution >= 0.6 is 0 Å². The molecule has 2 aliphatic rings. The maximum atomic E-state index is 13.1. The lowest BCUT2D eigenvalue weighted by Gasteiger charge is -2.31. The van der Waals surface area contributed by atoms with Gasteiger partial charge in [-0.15, -0.1) is 0 Å². The van der Waals surface area contributed by atoms with Crippen LogP contribution in [0.2, 0.25) is 0 Å². The van der Waals surface area contributed by atoms with E-state index in [1.54, 1.807) is 14.2 Å². The van der Waals surface area contributed by atoms with Gasteiger partial charge in [0.05, 0.1) is 20.8 Å². The molecule has 0 radical (unpaired) electrons. The van der Waals surface area contributed by atoms with Crippen LogP contribution in [0.5, 0.6) is 11.5 Å². The lowest BCUT2D eigenvalue weighted by atomic mass is 9.99. The Bertz CT molecular complexity index is 910. The molecule has 0 saturated carbocycles. The molecule has 0 aromatic heterocycles. The Labute approximate surface area is 178 Å². The number of methoxy groups -OCH3 is 2. The maximum Gasteiger partial charge on any atom is 0.237 e. The summed E-state index contributed by atoms with van der Waals surface area (Å²) in [6.45, 7) is 2.83. The number of hydrogen-bond donors (Lipinski definition) is 0. The van der Waals surface area contributed by atoms with E-state index in [1.807, 2.05) is 29.2 Å². The Morgan fingerprint density at radius 3 is 2.60 bits per heavy atom. The SMILES string of the molecule is COc1ccc(OC)c([C@H]2CCCN2CC(=O)N2CC=C(c3ccccc3)CC2)c1. The quantitative estimate of drug-likeness (QED) is 0.723. The van der Waals surface area contributed by atoms with Crippen LogP contribution in [-0.2, 0) is 4.79 Å². The molecule has 2 aromatic rings. The van der Waals surface area contributed by atoms with E-state index in [2.05, 4.69) is 35.2 Å². The Balaban J connectivity index is 1.43. The maximum absolute atomic E-state index is 13.1. The second kappa shape index (κ2) is 9.35. The van der Waals surface area contributed by atoms with Gasteiger partial charge in [0.25, 0.3) is 0 Å². The smallest absolute Gasteiger partial charge is 0.237 e. The fourth-order valence-electron chi connectivity index (χ4n) is 4.55. The van der Waals surface area contributed by atoms with Crippen LogP contribution in [0.1, 0.15) is 36.4 Å². The summed E-state index contributed by atoms with van der Waals surface area (Å²) in [7, 11) is 3.37. The van der Waals surface area contributed by atoms with Crippen molar-refractivity contribution in [1.29, 1.82) is 0 Å². The average Bonchev–Trinajstić information content (AvgIpc) is 3.27. The Morgan fingerprint density at radius 1 is 1.07 bits per heavy atom. The van der Waals surface area contributed by atoms with Crippen LogP contribution in [0.3, 0.4) is 0 Å². The highest BCUT2D eigenvalue weighted by Gasteiger charge is 2.31. The number of likely N-dealkylation sites (tertiary alicyclic amines) is 1. The van der Waals surface area contributed by atoms with Gasteiger partial charge in [-0.05, 0) is 55.1 Å². The van der Waals surface area contributed by atoms with Gasteiger partial charge in [-0.25, -0.2) is 0 Å². The van der Waals surface area contributed by atoms with Crippen molar-refractivity contribution in [1.82, 2.24) is 9.80 Å². The van der Waals surface area contributed by atoms with Gasteiger partial charge in [-0.1, -0.05) is 36.4 Å². The van der Waals surface area contributed by atoms with E-state index in [0.717, 1.165) is 49.4 Å². The third-order valence-electron chi connectivity index (χ3n) is 6.20. The molecule has 4 rings (SSSR count). The molecule has 30 heavy (non-hydrogen) atoms. The number of benzene rings is 2. The molecule has 2 aliphatic heterocycles. The number of carbonyl (C=O) groups excluding carboxylic acids is 1. The zero-order chi connectivity index (χ0) is 20.9. The number of ether oxygens (including phenoxy) is 2. The van der Waals surface area contributed by atoms with Crippen molar-refractivity contribution in [3.8, 4) is 11.5 Å². The van der Waals surface area contributed by atoms with Gasteiger partial charge in [-0.2, -0.15) is 0 Å². The summed E-state index contributed by atoms with van der Waals surface area (Å²) in [5.41, 5.74) is 3.70. The molecule has 1 amide bonds. The van der Waals surface area contributed by atoms with Crippen molar-refractivity contribution < 1.29 is 14.3 Å². The lowest BCUT2D eigenvalue weighted by Crippen LogP contribution is -2.42. The van der Waals surface area contributed by atoms with Crippen molar-refractivity contribution in [3.63, 3.8) is 0 Å². The molecule has 2 aromatic carbocycles. The summed E-state index contributed by atoms with van der Waals surface area (Å²) < 4.78 is 11.0. The third-order valence-corrected chi connectivity index (χ3v) is 6.20. The number of hydrogen-bond acceptors (Lipinski definition) is 4. The molecule has 0 spiro atoms. The molecular weight excluding hydrogens is 376 g/mol. The van der Waals surface area contributed by atoms with Gasteiger partial charge in [-0.3, -0.25) is 9.69 Å². The van der Waals surface area contributed by atoms with E-state index in [9.17, 15) is 4.79 Å². The summed E-state index contributed by atoms with van der Waals surface area (Å²) in [5.74, 6) is 1.87. The summed E-state index contributed by atoms with van der Waals surface area (Å²) >= 11 is 0. The lowest BCUT2D eigenvalue weighted by molar-refractivity contribution is -0.132. The van der Waals surface area contributed by atoms with Crippen LogP contribution in [0, 0.1) is 0 Å². The van der Waals surface area contributed by atoms with Crippen LogP contribution in [0.4, 0.5) is 0 Å². The molecule has 1 fully saturated rings. The predicted molar refractivity (Wildman–Crippen MR) is 119 cm³/mol. The van der Waals surface area contributed by atoms with Gasteiger partial charge in [0.1, 0.15) is 11.5 Å². The number of rotatable bonds is 6. The highest BCUT2D eigenvalue weighted by molar-refractivity contribution is 5.80. The third kappa shape index (κ3) is 4.36. The van der Waals surface area contributed by atoms with Gasteiger partial charge < -0.3 is 14.4 Å². The molecule has 158 valence electrons. The molecule has 5 nitrogen and oxygen atoms in total. The first-order chi connectivity index (χ1) is 14.7. The Kier molecular flexibility index (Phi) is 6.38. The van der Waals surface area contributed by atoms with Gasteiger partial charge in [0, 0.05) is 24.7 Å². The van der Waals surface area contributed by atoms with Crippen molar-refractivity contribution in [2.24, 2.45) is 0 Å². The molecule has 0 aliphatic carbocycles. The zero-order valence-corrected chi connectivity index (χ0v) is 17.8. The second-order valence-electron chi connectivity index (χ2n) is 7.92. The van der Waals surface area contributed by atoms with Crippen LogP contribution in [0.15, 0.2) is 54.6 Å². The molecule has 0 N–H and O–H groups in total. The van der Waals surface area contributed by atoms with Crippen molar-refractivity contribution in [2.45, 2.75) is 25.3 Å². The normalized spacial score (nSPS) is 19.5. The van der Waals surface area contributed by atoms with E-state index < -0.39 is 0 Å². The second-order valence-corrected chi connectivity index (χ2v) is 7.92. The first kappa shape index (κ1) is 20.5. The standard InChI is InChI=1S/C25H30N2O3/c1-29-21-10-11-24(30-2)22(17-21)23-9-6-14-27(23)18-25(28)26-15-12-20(13-16-26)19-7-4-3-5-8-19/h3-5,7-8,10-12,17,23H,6,9,13-16,18H2,1-2H3/t23-/m1/s1. The van der Waals surface area contributed by atoms with E-state index in [-0.39, 0.29) is 11.9 Å². The molecule has 1 saturated heterocycles. The van der Waals surface area contributed by atoms with E-state index >= 15 is 0 Å². The van der Waals surface area contributed by atoms with Gasteiger partial charge in [0.2, 0.25) is 5.91 Å². The van der Waals surface area contributed by atoms with Crippen LogP contribution in [0.25, 0.3) is 5.57 Å². The Morgan fingerprint density at radius 2 is 1.90 bits per heavy atom. The molecule has 0 unspecified atom stereocenters. The minimum absolute atomic E-state index is 0.180. The van der Waals surface area contributed by atoms with E-state index in [4.69, 9.17) is 9.47 Å².